The van der Waals surface area contributed by atoms with Crippen molar-refractivity contribution in [1.82, 2.24) is 5.32 Å². The summed E-state index contributed by atoms with van der Waals surface area (Å²) in [7, 11) is 0. The first-order chi connectivity index (χ1) is 9.95. The summed E-state index contributed by atoms with van der Waals surface area (Å²) in [6.45, 7) is 1.91. The van der Waals surface area contributed by atoms with E-state index in [2.05, 4.69) is 10.6 Å². The molecule has 0 unspecified atom stereocenters. The lowest BCUT2D eigenvalue weighted by Gasteiger charge is -2.08. The van der Waals surface area contributed by atoms with Crippen molar-refractivity contribution < 1.29 is 23.5 Å². The molecular formula is C14H13FN2O4. The van der Waals surface area contributed by atoms with Gasteiger partial charge in [-0.05, 0) is 37.3 Å². The fraction of sp³-hybridized carbons (Fsp3) is 0.143. The fourth-order valence-electron chi connectivity index (χ4n) is 1.67. The number of carboxylic acids is 1. The molecule has 2 rings (SSSR count). The summed E-state index contributed by atoms with van der Waals surface area (Å²) >= 11 is 0. The van der Waals surface area contributed by atoms with Crippen molar-refractivity contribution in [1.29, 1.82) is 0 Å². The molecule has 110 valence electrons. The SMILES string of the molecule is Cc1ccc(CNC(=O)Nc2cc(C(=O)O)ccc2F)o1. The molecule has 1 aromatic carbocycles. The van der Waals surface area contributed by atoms with Crippen molar-refractivity contribution in [2.45, 2.75) is 13.5 Å². The maximum absolute atomic E-state index is 13.5. The van der Waals surface area contributed by atoms with E-state index in [0.29, 0.717) is 11.5 Å². The van der Waals surface area contributed by atoms with Crippen LogP contribution in [-0.4, -0.2) is 17.1 Å². The molecule has 0 radical (unpaired) electrons. The van der Waals surface area contributed by atoms with E-state index in [1.54, 1.807) is 19.1 Å². The number of urea groups is 1. The summed E-state index contributed by atoms with van der Waals surface area (Å²) in [5.74, 6) is -0.650. The van der Waals surface area contributed by atoms with Crippen molar-refractivity contribution in [3.8, 4) is 0 Å². The molecule has 1 aromatic heterocycles. The van der Waals surface area contributed by atoms with Crippen molar-refractivity contribution in [2.75, 3.05) is 5.32 Å². The molecule has 7 heteroatoms. The molecule has 0 fully saturated rings. The van der Waals surface area contributed by atoms with Crippen LogP contribution in [-0.2, 0) is 6.54 Å². The highest BCUT2D eigenvalue weighted by Crippen LogP contribution is 2.16. The van der Waals surface area contributed by atoms with Crippen LogP contribution in [0.25, 0.3) is 0 Å². The number of carbonyl (C=O) groups is 2. The zero-order valence-electron chi connectivity index (χ0n) is 11.1. The zero-order chi connectivity index (χ0) is 15.4. The van der Waals surface area contributed by atoms with E-state index in [0.717, 1.165) is 18.2 Å². The number of hydrogen-bond donors (Lipinski definition) is 3. The number of rotatable bonds is 4. The van der Waals surface area contributed by atoms with Gasteiger partial charge in [0.25, 0.3) is 0 Å². The maximum atomic E-state index is 13.5. The first-order valence-corrected chi connectivity index (χ1v) is 6.08. The lowest BCUT2D eigenvalue weighted by Crippen LogP contribution is -2.28. The van der Waals surface area contributed by atoms with Gasteiger partial charge in [-0.2, -0.15) is 0 Å². The second-order valence-corrected chi connectivity index (χ2v) is 4.32. The molecule has 2 aromatic rings. The molecule has 6 nitrogen and oxygen atoms in total. The zero-order valence-corrected chi connectivity index (χ0v) is 11.1. The topological polar surface area (TPSA) is 91.6 Å². The standard InChI is InChI=1S/C14H13FN2O4/c1-8-2-4-10(21-8)7-16-14(20)17-12-6-9(13(18)19)3-5-11(12)15/h2-6H,7H2,1H3,(H,18,19)(H2,16,17,20). The third-order valence-corrected chi connectivity index (χ3v) is 2.68. The van der Waals surface area contributed by atoms with Gasteiger partial charge in [-0.1, -0.05) is 0 Å². The van der Waals surface area contributed by atoms with Gasteiger partial charge in [0.2, 0.25) is 0 Å². The number of aryl methyl sites for hydroxylation is 1. The molecule has 0 saturated carbocycles. The van der Waals surface area contributed by atoms with Crippen LogP contribution < -0.4 is 10.6 Å². The quantitative estimate of drug-likeness (QED) is 0.808. The Bertz CT molecular complexity index is 681. The Morgan fingerprint density at radius 1 is 1.29 bits per heavy atom. The fourth-order valence-corrected chi connectivity index (χ4v) is 1.67. The number of carboxylic acid groups (broad SMARTS) is 1. The monoisotopic (exact) mass is 292 g/mol. The molecule has 2 amide bonds. The first kappa shape index (κ1) is 14.6. The molecule has 0 aliphatic carbocycles. The summed E-state index contributed by atoms with van der Waals surface area (Å²) in [4.78, 5) is 22.4. The minimum absolute atomic E-state index is 0.117. The Morgan fingerprint density at radius 3 is 2.67 bits per heavy atom. The minimum atomic E-state index is -1.20. The van der Waals surface area contributed by atoms with Crippen LogP contribution in [0.4, 0.5) is 14.9 Å². The number of benzene rings is 1. The number of carbonyl (C=O) groups excluding carboxylic acids is 1. The Morgan fingerprint density at radius 2 is 2.05 bits per heavy atom. The number of hydrogen-bond acceptors (Lipinski definition) is 3. The van der Waals surface area contributed by atoms with E-state index in [9.17, 15) is 14.0 Å². The van der Waals surface area contributed by atoms with E-state index in [1.165, 1.54) is 0 Å². The van der Waals surface area contributed by atoms with Gasteiger partial charge in [-0.15, -0.1) is 0 Å². The van der Waals surface area contributed by atoms with Crippen molar-refractivity contribution in [3.63, 3.8) is 0 Å². The molecule has 0 aliphatic rings. The normalized spacial score (nSPS) is 10.2. The van der Waals surface area contributed by atoms with E-state index < -0.39 is 17.8 Å². The van der Waals surface area contributed by atoms with Gasteiger partial charge in [0, 0.05) is 0 Å². The number of nitrogens with one attached hydrogen (secondary N) is 2. The molecule has 21 heavy (non-hydrogen) atoms. The van der Waals surface area contributed by atoms with Crippen LogP contribution in [0.15, 0.2) is 34.7 Å². The van der Waals surface area contributed by atoms with E-state index in [4.69, 9.17) is 9.52 Å². The lowest BCUT2D eigenvalue weighted by atomic mass is 10.2. The summed E-state index contributed by atoms with van der Waals surface area (Å²) in [6.07, 6.45) is 0. The number of aromatic carboxylic acids is 1. The summed E-state index contributed by atoms with van der Waals surface area (Å²) in [5, 5.41) is 13.6. The summed E-state index contributed by atoms with van der Waals surface area (Å²) < 4.78 is 18.8. The maximum Gasteiger partial charge on any atom is 0.335 e. The van der Waals surface area contributed by atoms with Gasteiger partial charge in [-0.3, -0.25) is 0 Å². The van der Waals surface area contributed by atoms with Gasteiger partial charge in [-0.25, -0.2) is 14.0 Å². The summed E-state index contributed by atoms with van der Waals surface area (Å²) in [6, 6.07) is 5.95. The van der Waals surface area contributed by atoms with Crippen molar-refractivity contribution in [3.05, 3.63) is 53.2 Å². The van der Waals surface area contributed by atoms with E-state index in [1.807, 2.05) is 0 Å². The molecule has 3 N–H and O–H groups in total. The van der Waals surface area contributed by atoms with E-state index in [-0.39, 0.29) is 17.8 Å². The molecule has 0 atom stereocenters. The van der Waals surface area contributed by atoms with Gasteiger partial charge in [0.1, 0.15) is 17.3 Å². The molecular weight excluding hydrogens is 279 g/mol. The molecule has 1 heterocycles. The van der Waals surface area contributed by atoms with Gasteiger partial charge in [0.15, 0.2) is 0 Å². The van der Waals surface area contributed by atoms with Crippen LogP contribution in [0, 0.1) is 12.7 Å². The highest BCUT2D eigenvalue weighted by atomic mass is 19.1. The Kier molecular flexibility index (Phi) is 4.22. The average Bonchev–Trinajstić information content (AvgIpc) is 2.84. The molecule has 0 bridgehead atoms. The van der Waals surface area contributed by atoms with Gasteiger partial charge >= 0.3 is 12.0 Å². The van der Waals surface area contributed by atoms with Crippen LogP contribution >= 0.6 is 0 Å². The van der Waals surface area contributed by atoms with Crippen LogP contribution in [0.1, 0.15) is 21.9 Å². The Hall–Kier alpha value is -2.83. The number of furan rings is 1. The minimum Gasteiger partial charge on any atom is -0.478 e. The first-order valence-electron chi connectivity index (χ1n) is 6.08. The third-order valence-electron chi connectivity index (χ3n) is 2.68. The van der Waals surface area contributed by atoms with E-state index >= 15 is 0 Å². The largest absolute Gasteiger partial charge is 0.478 e. The van der Waals surface area contributed by atoms with Crippen LogP contribution in [0.2, 0.25) is 0 Å². The Labute approximate surface area is 119 Å². The van der Waals surface area contributed by atoms with Crippen molar-refractivity contribution in [2.24, 2.45) is 0 Å². The third kappa shape index (κ3) is 3.82. The lowest BCUT2D eigenvalue weighted by molar-refractivity contribution is 0.0697. The number of anilines is 1. The van der Waals surface area contributed by atoms with Gasteiger partial charge < -0.3 is 20.2 Å². The second kappa shape index (κ2) is 6.08. The highest BCUT2D eigenvalue weighted by Gasteiger charge is 2.11. The van der Waals surface area contributed by atoms with Crippen LogP contribution in [0.5, 0.6) is 0 Å². The van der Waals surface area contributed by atoms with Gasteiger partial charge in [0.05, 0.1) is 17.8 Å². The Balaban J connectivity index is 1.99. The number of halogens is 1. The molecule has 0 aliphatic heterocycles. The molecule has 0 saturated heterocycles. The predicted molar refractivity (Wildman–Crippen MR) is 72.7 cm³/mol. The second-order valence-electron chi connectivity index (χ2n) is 4.32. The molecule has 0 spiro atoms. The number of amides is 2. The van der Waals surface area contributed by atoms with Crippen molar-refractivity contribution >= 4 is 17.7 Å². The van der Waals surface area contributed by atoms with Crippen LogP contribution in [0.3, 0.4) is 0 Å². The average molecular weight is 292 g/mol. The smallest absolute Gasteiger partial charge is 0.335 e. The summed E-state index contributed by atoms with van der Waals surface area (Å²) in [5.41, 5.74) is -0.323. The predicted octanol–water partition coefficient (Wildman–Crippen LogP) is 2.75. The highest BCUT2D eigenvalue weighted by molar-refractivity contribution is 5.93.